The first kappa shape index (κ1) is 17.5. The van der Waals surface area contributed by atoms with Crippen LogP contribution in [-0.4, -0.2) is 52.7 Å². The van der Waals surface area contributed by atoms with Gasteiger partial charge in [-0.1, -0.05) is 18.2 Å². The molecule has 1 heterocycles. The molecule has 1 unspecified atom stereocenters. The van der Waals surface area contributed by atoms with Gasteiger partial charge in [-0.15, -0.1) is 0 Å². The highest BCUT2D eigenvalue weighted by Gasteiger charge is 2.12. The summed E-state index contributed by atoms with van der Waals surface area (Å²) in [6, 6.07) is 10.2. The lowest BCUT2D eigenvalue weighted by molar-refractivity contribution is 0.0916. The van der Waals surface area contributed by atoms with Crippen molar-refractivity contribution in [3.63, 3.8) is 0 Å². The Balaban J connectivity index is 2.13. The first-order valence-corrected chi connectivity index (χ1v) is 7.36. The van der Waals surface area contributed by atoms with Crippen LogP contribution >= 0.6 is 0 Å². The molecule has 1 aromatic heterocycles. The topological polar surface area (TPSA) is 99.9 Å². The van der Waals surface area contributed by atoms with Crippen LogP contribution in [0.3, 0.4) is 0 Å². The van der Waals surface area contributed by atoms with E-state index in [0.29, 0.717) is 5.75 Å². The second kappa shape index (κ2) is 8.11. The molecule has 0 fully saturated rings. The lowest BCUT2D eigenvalue weighted by Gasteiger charge is -2.15. The van der Waals surface area contributed by atoms with Gasteiger partial charge >= 0.3 is 5.69 Å². The Morgan fingerprint density at radius 1 is 1.33 bits per heavy atom. The molecule has 2 aromatic rings. The zero-order chi connectivity index (χ0) is 17.5. The summed E-state index contributed by atoms with van der Waals surface area (Å²) < 4.78 is 6.65. The summed E-state index contributed by atoms with van der Waals surface area (Å²) in [6.07, 6.45) is 0.527. The van der Waals surface area contributed by atoms with E-state index < -0.39 is 17.4 Å². The molecule has 0 bridgehead atoms. The number of aromatic amines is 1. The smallest absolute Gasteiger partial charge is 0.330 e. The maximum Gasteiger partial charge on any atom is 0.330 e. The second-order valence-electron chi connectivity index (χ2n) is 5.39. The molecular formula is C16H20N4O4. The number of nitrogens with zero attached hydrogens (tertiary/aromatic N) is 3. The fraction of sp³-hybridized carbons (Fsp3) is 0.312. The molecule has 0 aliphatic rings. The van der Waals surface area contributed by atoms with E-state index in [0.717, 1.165) is 0 Å². The number of rotatable bonds is 7. The number of aromatic nitrogens is 2. The van der Waals surface area contributed by atoms with Crippen molar-refractivity contribution in [3.8, 4) is 5.75 Å². The van der Waals surface area contributed by atoms with Gasteiger partial charge in [-0.05, 0) is 12.1 Å². The van der Waals surface area contributed by atoms with Crippen molar-refractivity contribution in [1.82, 2.24) is 14.5 Å². The number of aliphatic imine (C=N–C) groups is 1. The predicted octanol–water partition coefficient (Wildman–Crippen LogP) is 0.198. The van der Waals surface area contributed by atoms with Gasteiger partial charge in [-0.3, -0.25) is 14.3 Å². The van der Waals surface area contributed by atoms with Crippen LogP contribution in [0.1, 0.15) is 0 Å². The molecule has 2 rings (SSSR count). The van der Waals surface area contributed by atoms with Gasteiger partial charge in [0.25, 0.3) is 5.56 Å². The van der Waals surface area contributed by atoms with Crippen molar-refractivity contribution in [2.75, 3.05) is 20.7 Å². The Bertz CT molecular complexity index is 796. The molecule has 2 N–H and O–H groups in total. The fourth-order valence-corrected chi connectivity index (χ4v) is 1.94. The van der Waals surface area contributed by atoms with Crippen molar-refractivity contribution in [1.29, 1.82) is 0 Å². The van der Waals surface area contributed by atoms with Crippen molar-refractivity contribution in [2.24, 2.45) is 4.99 Å². The van der Waals surface area contributed by atoms with Crippen molar-refractivity contribution in [3.05, 3.63) is 57.2 Å². The fourth-order valence-electron chi connectivity index (χ4n) is 1.94. The van der Waals surface area contributed by atoms with Crippen LogP contribution < -0.4 is 16.0 Å². The molecule has 1 atom stereocenters. The average molecular weight is 332 g/mol. The highest BCUT2D eigenvalue weighted by atomic mass is 16.5. The minimum atomic E-state index is -0.942. The van der Waals surface area contributed by atoms with Crippen LogP contribution in [0.2, 0.25) is 0 Å². The first-order valence-electron chi connectivity index (χ1n) is 7.36. The van der Waals surface area contributed by atoms with E-state index in [4.69, 9.17) is 4.74 Å². The average Bonchev–Trinajstić information content (AvgIpc) is 2.54. The van der Waals surface area contributed by atoms with Gasteiger partial charge in [0.2, 0.25) is 0 Å². The van der Waals surface area contributed by atoms with Crippen molar-refractivity contribution in [2.45, 2.75) is 12.6 Å². The third kappa shape index (κ3) is 5.10. The molecule has 0 aliphatic carbocycles. The molecule has 0 amide bonds. The van der Waals surface area contributed by atoms with Gasteiger partial charge in [-0.2, -0.15) is 0 Å². The quantitative estimate of drug-likeness (QED) is 0.557. The van der Waals surface area contributed by atoms with Crippen molar-refractivity contribution < 1.29 is 9.84 Å². The number of benzene rings is 1. The van der Waals surface area contributed by atoms with Gasteiger partial charge in [0.05, 0.1) is 12.9 Å². The van der Waals surface area contributed by atoms with Crippen LogP contribution in [0.15, 0.2) is 51.0 Å². The molecule has 0 aliphatic heterocycles. The number of hydrogen-bond acceptors (Lipinski definition) is 5. The third-order valence-corrected chi connectivity index (χ3v) is 3.01. The van der Waals surface area contributed by atoms with E-state index in [2.05, 4.69) is 9.98 Å². The largest absolute Gasteiger partial charge is 0.491 e. The van der Waals surface area contributed by atoms with Gasteiger partial charge in [0, 0.05) is 20.2 Å². The minimum Gasteiger partial charge on any atom is -0.491 e. The van der Waals surface area contributed by atoms with E-state index >= 15 is 0 Å². The molecule has 1 aromatic carbocycles. The normalized spacial score (nSPS) is 12.3. The maximum absolute atomic E-state index is 12.0. The highest BCUT2D eigenvalue weighted by Crippen LogP contribution is 2.10. The molecule has 0 radical (unpaired) electrons. The summed E-state index contributed by atoms with van der Waals surface area (Å²) in [6.45, 7) is -0.0467. The third-order valence-electron chi connectivity index (χ3n) is 3.01. The standard InChI is InChI=1S/C16H20N4O4/c1-19(2)11-17-14-8-15(22)18-16(23)20(14)9-12(21)10-24-13-6-4-3-5-7-13/h3-8,11-12,21H,9-10H2,1-2H3,(H,18,22,23)/b17-11+. The van der Waals surface area contributed by atoms with Gasteiger partial charge < -0.3 is 14.7 Å². The monoisotopic (exact) mass is 332 g/mol. The van der Waals surface area contributed by atoms with E-state index in [9.17, 15) is 14.7 Å². The first-order chi connectivity index (χ1) is 11.5. The second-order valence-corrected chi connectivity index (χ2v) is 5.39. The number of aliphatic hydroxyl groups is 1. The van der Waals surface area contributed by atoms with Crippen LogP contribution in [-0.2, 0) is 6.54 Å². The number of H-pyrrole nitrogens is 1. The van der Waals surface area contributed by atoms with Gasteiger partial charge in [0.1, 0.15) is 24.3 Å². The molecule has 0 spiro atoms. The number of ether oxygens (including phenoxy) is 1. The van der Waals surface area contributed by atoms with E-state index in [1.165, 1.54) is 17.0 Å². The van der Waals surface area contributed by atoms with Crippen molar-refractivity contribution >= 4 is 12.2 Å². The summed E-state index contributed by atoms with van der Waals surface area (Å²) in [7, 11) is 3.53. The summed E-state index contributed by atoms with van der Waals surface area (Å²) >= 11 is 0. The number of nitrogens with one attached hydrogen (secondary N) is 1. The molecule has 0 saturated carbocycles. The van der Waals surface area contributed by atoms with E-state index in [1.54, 1.807) is 31.1 Å². The summed E-state index contributed by atoms with van der Waals surface area (Å²) in [5.74, 6) is 0.785. The highest BCUT2D eigenvalue weighted by molar-refractivity contribution is 5.58. The maximum atomic E-state index is 12.0. The van der Waals surface area contributed by atoms with E-state index in [1.807, 2.05) is 18.2 Å². The Kier molecular flexibility index (Phi) is 5.91. The summed E-state index contributed by atoms with van der Waals surface area (Å²) in [4.78, 5) is 31.4. The molecule has 24 heavy (non-hydrogen) atoms. The van der Waals surface area contributed by atoms with Gasteiger partial charge in [-0.25, -0.2) is 9.79 Å². The lowest BCUT2D eigenvalue weighted by atomic mass is 10.3. The zero-order valence-electron chi connectivity index (χ0n) is 13.5. The van der Waals surface area contributed by atoms with E-state index in [-0.39, 0.29) is 19.0 Å². The Morgan fingerprint density at radius 3 is 2.71 bits per heavy atom. The van der Waals surface area contributed by atoms with Crippen LogP contribution in [0, 0.1) is 0 Å². The van der Waals surface area contributed by atoms with Crippen LogP contribution in [0.4, 0.5) is 5.82 Å². The molecule has 0 saturated heterocycles. The number of aliphatic hydroxyl groups excluding tert-OH is 1. The lowest BCUT2D eigenvalue weighted by Crippen LogP contribution is -2.34. The summed E-state index contributed by atoms with van der Waals surface area (Å²) in [5, 5.41) is 10.1. The number of hydrogen-bond donors (Lipinski definition) is 2. The van der Waals surface area contributed by atoms with Crippen LogP contribution in [0.25, 0.3) is 0 Å². The Labute approximate surface area is 138 Å². The minimum absolute atomic E-state index is 0.00636. The molecule has 8 heteroatoms. The zero-order valence-corrected chi connectivity index (χ0v) is 13.5. The Morgan fingerprint density at radius 2 is 2.04 bits per heavy atom. The van der Waals surface area contributed by atoms with Crippen LogP contribution in [0.5, 0.6) is 5.75 Å². The SMILES string of the molecule is CN(C)/C=N/c1cc(=O)[nH]c(=O)n1CC(O)COc1ccccc1. The van der Waals surface area contributed by atoms with Gasteiger partial charge in [0.15, 0.2) is 0 Å². The predicted molar refractivity (Wildman–Crippen MR) is 91.1 cm³/mol. The molecular weight excluding hydrogens is 312 g/mol. The Hall–Kier alpha value is -2.87. The number of para-hydroxylation sites is 1. The molecule has 8 nitrogen and oxygen atoms in total. The summed E-state index contributed by atoms with van der Waals surface area (Å²) in [5.41, 5.74) is -1.18. The molecule has 128 valence electrons.